The molecule has 1 aromatic heterocycles. The molecule has 1 saturated heterocycles. The Hall–Kier alpha value is -4.21. The van der Waals surface area contributed by atoms with Crippen molar-refractivity contribution >= 4 is 29.4 Å². The zero-order chi connectivity index (χ0) is 28.1. The van der Waals surface area contributed by atoms with Crippen molar-refractivity contribution in [3.8, 4) is 22.7 Å². The molecule has 206 valence electrons. The van der Waals surface area contributed by atoms with E-state index in [0.717, 1.165) is 18.4 Å². The van der Waals surface area contributed by atoms with E-state index in [9.17, 15) is 14.0 Å². The third-order valence-electron chi connectivity index (χ3n) is 6.61. The predicted molar refractivity (Wildman–Crippen MR) is 150 cm³/mol. The van der Waals surface area contributed by atoms with Crippen LogP contribution in [0.15, 0.2) is 79.0 Å². The van der Waals surface area contributed by atoms with Crippen molar-refractivity contribution in [1.82, 2.24) is 14.5 Å². The van der Waals surface area contributed by atoms with Crippen LogP contribution in [0.5, 0.6) is 5.75 Å². The quantitative estimate of drug-likeness (QED) is 0.287. The molecule has 40 heavy (non-hydrogen) atoms. The van der Waals surface area contributed by atoms with Gasteiger partial charge in [0.1, 0.15) is 18.1 Å². The Morgan fingerprint density at radius 1 is 1.10 bits per heavy atom. The number of ether oxygens (including phenoxy) is 2. The van der Waals surface area contributed by atoms with Crippen molar-refractivity contribution in [1.29, 1.82) is 0 Å². The maximum atomic E-state index is 13.6. The molecule has 0 saturated carbocycles. The van der Waals surface area contributed by atoms with Gasteiger partial charge in [0.05, 0.1) is 18.9 Å². The summed E-state index contributed by atoms with van der Waals surface area (Å²) in [4.78, 5) is 32.9. The maximum Gasteiger partial charge on any atom is 0.254 e. The van der Waals surface area contributed by atoms with Crippen LogP contribution in [0.3, 0.4) is 0 Å². The highest BCUT2D eigenvalue weighted by atomic mass is 35.5. The molecule has 1 unspecified atom stereocenters. The number of carbonyl (C=O) groups excluding carboxylic acids is 2. The van der Waals surface area contributed by atoms with E-state index in [4.69, 9.17) is 21.1 Å². The third kappa shape index (κ3) is 6.50. The van der Waals surface area contributed by atoms with E-state index in [1.165, 1.54) is 17.0 Å². The lowest BCUT2D eigenvalue weighted by molar-refractivity contribution is -0.117. The summed E-state index contributed by atoms with van der Waals surface area (Å²) in [5, 5.41) is 3.36. The number of rotatable bonds is 9. The molecule has 5 rings (SSSR count). The second-order valence-electron chi connectivity index (χ2n) is 9.40. The predicted octanol–water partition coefficient (Wildman–Crippen LogP) is 5.60. The van der Waals surface area contributed by atoms with Crippen LogP contribution in [0.4, 0.5) is 10.3 Å². The van der Waals surface area contributed by atoms with E-state index in [1.54, 1.807) is 54.3 Å². The summed E-state index contributed by atoms with van der Waals surface area (Å²) in [7, 11) is 1.59. The van der Waals surface area contributed by atoms with Gasteiger partial charge in [-0.1, -0.05) is 11.6 Å². The fourth-order valence-electron chi connectivity index (χ4n) is 4.53. The highest BCUT2D eigenvalue weighted by Gasteiger charge is 2.26. The minimum atomic E-state index is -0.435. The first-order chi connectivity index (χ1) is 19.4. The number of hydrogen-bond donors (Lipinski definition) is 1. The summed E-state index contributed by atoms with van der Waals surface area (Å²) in [6, 6.07) is 19.7. The number of benzene rings is 3. The maximum absolute atomic E-state index is 13.6. The van der Waals surface area contributed by atoms with Gasteiger partial charge in [0, 0.05) is 41.2 Å². The highest BCUT2D eigenvalue weighted by Crippen LogP contribution is 2.26. The Bertz CT molecular complexity index is 1470. The van der Waals surface area contributed by atoms with Crippen LogP contribution in [-0.4, -0.2) is 59.2 Å². The molecule has 8 nitrogen and oxygen atoms in total. The van der Waals surface area contributed by atoms with Crippen LogP contribution in [0.25, 0.3) is 16.9 Å². The van der Waals surface area contributed by atoms with Gasteiger partial charge in [-0.05, 0) is 85.6 Å². The van der Waals surface area contributed by atoms with Gasteiger partial charge >= 0.3 is 0 Å². The van der Waals surface area contributed by atoms with Gasteiger partial charge in [-0.3, -0.25) is 19.5 Å². The van der Waals surface area contributed by atoms with Gasteiger partial charge in [0.15, 0.2) is 0 Å². The average molecular weight is 563 g/mol. The van der Waals surface area contributed by atoms with Crippen molar-refractivity contribution in [2.24, 2.45) is 0 Å². The molecular formula is C30H28ClFN4O4. The van der Waals surface area contributed by atoms with E-state index in [0.29, 0.717) is 34.3 Å². The normalized spacial score (nSPS) is 14.6. The molecule has 3 aromatic carbocycles. The van der Waals surface area contributed by atoms with Crippen molar-refractivity contribution in [3.63, 3.8) is 0 Å². The first kappa shape index (κ1) is 27.4. The van der Waals surface area contributed by atoms with Crippen molar-refractivity contribution < 1.29 is 23.5 Å². The number of nitrogens with one attached hydrogen (secondary N) is 1. The number of amides is 2. The number of imidazole rings is 1. The molecule has 0 radical (unpaired) electrons. The summed E-state index contributed by atoms with van der Waals surface area (Å²) in [6.07, 6.45) is 3.33. The zero-order valence-corrected chi connectivity index (χ0v) is 22.6. The van der Waals surface area contributed by atoms with Gasteiger partial charge in [0.2, 0.25) is 11.9 Å². The molecule has 4 aromatic rings. The minimum absolute atomic E-state index is 0.146. The van der Waals surface area contributed by atoms with Crippen molar-refractivity contribution in [2.45, 2.75) is 18.9 Å². The van der Waals surface area contributed by atoms with E-state index in [2.05, 4.69) is 10.3 Å². The first-order valence-electron chi connectivity index (χ1n) is 12.9. The van der Waals surface area contributed by atoms with E-state index >= 15 is 0 Å². The number of aromatic nitrogens is 2. The molecule has 0 aliphatic carbocycles. The van der Waals surface area contributed by atoms with Crippen molar-refractivity contribution in [2.75, 3.05) is 32.1 Å². The molecule has 0 bridgehead atoms. The van der Waals surface area contributed by atoms with Crippen LogP contribution in [0, 0.1) is 5.82 Å². The monoisotopic (exact) mass is 562 g/mol. The van der Waals surface area contributed by atoms with Crippen LogP contribution in [0.2, 0.25) is 5.02 Å². The Morgan fingerprint density at radius 3 is 2.48 bits per heavy atom. The molecule has 2 amide bonds. The molecule has 1 aliphatic heterocycles. The summed E-state index contributed by atoms with van der Waals surface area (Å²) in [6.45, 7) is 0.691. The third-order valence-corrected chi connectivity index (χ3v) is 6.86. The standard InChI is InChI=1S/C30H28ClFN4O4/c1-39-25-14-6-20(7-15-25)27-18-36(24-12-10-23(32)11-13-24)30(33-27)34-28(37)19-35(17-26-3-2-16-40-26)29(38)21-4-8-22(31)9-5-21/h4-15,18,26H,2-3,16-17,19H2,1H3,(H,33,34,37). The molecule has 0 spiro atoms. The minimum Gasteiger partial charge on any atom is -0.497 e. The van der Waals surface area contributed by atoms with E-state index < -0.39 is 5.91 Å². The number of nitrogens with zero attached hydrogens (tertiary/aromatic N) is 3. The molecule has 2 heterocycles. The zero-order valence-electron chi connectivity index (χ0n) is 21.8. The lowest BCUT2D eigenvalue weighted by atomic mass is 10.1. The largest absolute Gasteiger partial charge is 0.497 e. The molecule has 1 atom stereocenters. The molecule has 1 N–H and O–H groups in total. The molecule has 1 aliphatic rings. The topological polar surface area (TPSA) is 85.7 Å². The Labute approximate surface area is 236 Å². The number of methoxy groups -OCH3 is 1. The lowest BCUT2D eigenvalue weighted by Crippen LogP contribution is -2.42. The smallest absolute Gasteiger partial charge is 0.254 e. The molecular weight excluding hydrogens is 535 g/mol. The SMILES string of the molecule is COc1ccc(-c2cn(-c3ccc(F)cc3)c(NC(=O)CN(CC3CCCO3)C(=O)c3ccc(Cl)cc3)n2)cc1. The second-order valence-corrected chi connectivity index (χ2v) is 9.84. The summed E-state index contributed by atoms with van der Waals surface area (Å²) >= 11 is 6.00. The lowest BCUT2D eigenvalue weighted by Gasteiger charge is -2.25. The Balaban J connectivity index is 1.41. The summed E-state index contributed by atoms with van der Waals surface area (Å²) < 4.78 is 26.3. The molecule has 1 fully saturated rings. The first-order valence-corrected chi connectivity index (χ1v) is 13.2. The Kier molecular flexibility index (Phi) is 8.42. The van der Waals surface area contributed by atoms with Gasteiger partial charge in [-0.15, -0.1) is 0 Å². The van der Waals surface area contributed by atoms with Gasteiger partial charge in [0.25, 0.3) is 5.91 Å². The number of carbonyl (C=O) groups is 2. The van der Waals surface area contributed by atoms with Crippen LogP contribution in [0.1, 0.15) is 23.2 Å². The fraction of sp³-hybridized carbons (Fsp3) is 0.233. The van der Waals surface area contributed by atoms with E-state index in [1.807, 2.05) is 24.3 Å². The highest BCUT2D eigenvalue weighted by molar-refractivity contribution is 6.30. The van der Waals surface area contributed by atoms with Gasteiger partial charge in [-0.2, -0.15) is 0 Å². The summed E-state index contributed by atoms with van der Waals surface area (Å²) in [5.41, 5.74) is 2.42. The molecule has 10 heteroatoms. The summed E-state index contributed by atoms with van der Waals surface area (Å²) in [5.74, 6) is -0.181. The van der Waals surface area contributed by atoms with Crippen LogP contribution in [-0.2, 0) is 9.53 Å². The van der Waals surface area contributed by atoms with E-state index in [-0.39, 0.29) is 36.9 Å². The van der Waals surface area contributed by atoms with Crippen LogP contribution >= 0.6 is 11.6 Å². The average Bonchev–Trinajstić information content (AvgIpc) is 3.63. The number of halogens is 2. The second kappa shape index (κ2) is 12.3. The number of hydrogen-bond acceptors (Lipinski definition) is 5. The van der Waals surface area contributed by atoms with Crippen molar-refractivity contribution in [3.05, 3.63) is 95.4 Å². The fourth-order valence-corrected chi connectivity index (χ4v) is 4.66. The Morgan fingerprint density at radius 2 is 1.82 bits per heavy atom. The number of anilines is 1. The van der Waals surface area contributed by atoms with Gasteiger partial charge < -0.3 is 14.4 Å². The van der Waals surface area contributed by atoms with Gasteiger partial charge in [-0.25, -0.2) is 9.37 Å². The van der Waals surface area contributed by atoms with Crippen LogP contribution < -0.4 is 10.1 Å².